The van der Waals surface area contributed by atoms with Crippen LogP contribution in [0.25, 0.3) is 43.4 Å². The Kier molecular flexibility index (Phi) is 5.06. The highest BCUT2D eigenvalue weighted by molar-refractivity contribution is 6.09. The normalized spacial score (nSPS) is 12.1. The number of hydrogen-bond acceptors (Lipinski definition) is 1. The van der Waals surface area contributed by atoms with Crippen LogP contribution in [0.4, 0.5) is 17.1 Å². The van der Waals surface area contributed by atoms with Gasteiger partial charge in [0.1, 0.15) is 0 Å². The van der Waals surface area contributed by atoms with Crippen LogP contribution in [0.2, 0.25) is 0 Å². The Morgan fingerprint density at radius 3 is 1.53 bits per heavy atom. The molecule has 2 nitrogen and oxygen atoms in total. The smallest absolute Gasteiger partial charge is 0.0469 e. The fourth-order valence-corrected chi connectivity index (χ4v) is 5.57. The van der Waals surface area contributed by atoms with Crippen molar-refractivity contribution in [2.24, 2.45) is 0 Å². The van der Waals surface area contributed by atoms with Crippen LogP contribution in [0, 0.1) is 0 Å². The molecule has 0 radical (unpaired) electrons. The molecule has 0 atom stereocenters. The summed E-state index contributed by atoms with van der Waals surface area (Å²) in [6.07, 6.45) is 0. The lowest BCUT2D eigenvalue weighted by atomic mass is 9.86. The third-order valence-electron chi connectivity index (χ3n) is 7.69. The third kappa shape index (κ3) is 3.81. The molecule has 0 unspecified atom stereocenters. The highest BCUT2D eigenvalue weighted by atomic mass is 15.1. The molecule has 0 bridgehead atoms. The predicted molar refractivity (Wildman–Crippen MR) is 164 cm³/mol. The molecule has 38 heavy (non-hydrogen) atoms. The van der Waals surface area contributed by atoms with Crippen LogP contribution in [-0.2, 0) is 5.41 Å². The largest absolute Gasteiger partial charge is 0.355 e. The summed E-state index contributed by atoms with van der Waals surface area (Å²) in [6, 6.07) is 44.2. The van der Waals surface area contributed by atoms with Crippen molar-refractivity contribution < 1.29 is 0 Å². The Bertz CT molecular complexity index is 1890. The van der Waals surface area contributed by atoms with E-state index >= 15 is 0 Å². The van der Waals surface area contributed by atoms with E-state index < -0.39 is 0 Å². The fraction of sp³-hybridized carbons (Fsp3) is 0.111. The molecule has 0 saturated heterocycles. The van der Waals surface area contributed by atoms with Crippen LogP contribution in [0.5, 0.6) is 0 Å². The molecule has 7 aromatic rings. The Morgan fingerprint density at radius 1 is 0.474 bits per heavy atom. The predicted octanol–water partition coefficient (Wildman–Crippen LogP) is 10.4. The first-order chi connectivity index (χ1) is 18.4. The highest BCUT2D eigenvalue weighted by Crippen LogP contribution is 2.40. The van der Waals surface area contributed by atoms with E-state index in [0.717, 1.165) is 22.6 Å². The number of aromatic nitrogens is 1. The quantitative estimate of drug-likeness (QED) is 0.261. The van der Waals surface area contributed by atoms with E-state index in [1.807, 2.05) is 0 Å². The van der Waals surface area contributed by atoms with Crippen molar-refractivity contribution in [2.45, 2.75) is 26.2 Å². The molecular formula is C36H30N2. The molecular weight excluding hydrogens is 460 g/mol. The number of fused-ring (bicyclic) bond motifs is 5. The Morgan fingerprint density at radius 2 is 0.947 bits per heavy atom. The second-order valence-corrected chi connectivity index (χ2v) is 11.3. The van der Waals surface area contributed by atoms with Crippen LogP contribution in [-0.4, -0.2) is 4.98 Å². The summed E-state index contributed by atoms with van der Waals surface area (Å²) >= 11 is 0. The molecule has 6 aromatic carbocycles. The van der Waals surface area contributed by atoms with Crippen molar-refractivity contribution in [2.75, 3.05) is 4.90 Å². The monoisotopic (exact) mass is 490 g/mol. The molecule has 0 aliphatic heterocycles. The number of aromatic amines is 1. The van der Waals surface area contributed by atoms with Gasteiger partial charge in [0.05, 0.1) is 0 Å². The second kappa shape index (κ2) is 8.49. The van der Waals surface area contributed by atoms with Gasteiger partial charge in [0, 0.05) is 38.9 Å². The molecule has 1 heterocycles. The van der Waals surface area contributed by atoms with Crippen LogP contribution in [0.1, 0.15) is 26.3 Å². The van der Waals surface area contributed by atoms with E-state index in [9.17, 15) is 0 Å². The molecule has 1 aromatic heterocycles. The zero-order valence-corrected chi connectivity index (χ0v) is 22.0. The maximum Gasteiger partial charge on any atom is 0.0469 e. The Hall–Kier alpha value is -4.56. The summed E-state index contributed by atoms with van der Waals surface area (Å²) in [7, 11) is 0. The lowest BCUT2D eigenvalue weighted by molar-refractivity contribution is 0.591. The first kappa shape index (κ1) is 22.6. The van der Waals surface area contributed by atoms with Gasteiger partial charge in [-0.25, -0.2) is 0 Å². The van der Waals surface area contributed by atoms with Gasteiger partial charge in [0.15, 0.2) is 0 Å². The van der Waals surface area contributed by atoms with Gasteiger partial charge < -0.3 is 9.88 Å². The summed E-state index contributed by atoms with van der Waals surface area (Å²) in [5, 5.41) is 7.48. The van der Waals surface area contributed by atoms with Crippen molar-refractivity contribution in [3.8, 4) is 0 Å². The van der Waals surface area contributed by atoms with E-state index in [4.69, 9.17) is 0 Å². The number of benzene rings is 6. The molecule has 2 heteroatoms. The highest BCUT2D eigenvalue weighted by Gasteiger charge is 2.18. The average molecular weight is 491 g/mol. The number of anilines is 3. The summed E-state index contributed by atoms with van der Waals surface area (Å²) in [4.78, 5) is 6.01. The second-order valence-electron chi connectivity index (χ2n) is 11.3. The van der Waals surface area contributed by atoms with Crippen LogP contribution >= 0.6 is 0 Å². The number of nitrogens with zero attached hydrogens (tertiary/aromatic N) is 1. The SMILES string of the molecule is CC(C)(C)c1ccc2[nH]c3ccc(N(c4ccc5ccccc5c4)c4ccc5ccccc5c4)cc3c2c1. The van der Waals surface area contributed by atoms with Gasteiger partial charge in [0.25, 0.3) is 0 Å². The van der Waals surface area contributed by atoms with Crippen molar-refractivity contribution in [3.05, 3.63) is 127 Å². The summed E-state index contributed by atoms with van der Waals surface area (Å²) in [6.45, 7) is 6.82. The summed E-state index contributed by atoms with van der Waals surface area (Å²) in [5.41, 5.74) is 7.21. The Labute approximate surface area is 223 Å². The molecule has 0 amide bonds. The van der Waals surface area contributed by atoms with Crippen molar-refractivity contribution in [1.29, 1.82) is 0 Å². The number of H-pyrrole nitrogens is 1. The zero-order valence-electron chi connectivity index (χ0n) is 22.0. The lowest BCUT2D eigenvalue weighted by Crippen LogP contribution is -2.10. The van der Waals surface area contributed by atoms with Crippen LogP contribution in [0.3, 0.4) is 0 Å². The zero-order chi connectivity index (χ0) is 25.9. The van der Waals surface area contributed by atoms with Gasteiger partial charge >= 0.3 is 0 Å². The van der Waals surface area contributed by atoms with Crippen molar-refractivity contribution in [1.82, 2.24) is 4.98 Å². The molecule has 0 spiro atoms. The third-order valence-corrected chi connectivity index (χ3v) is 7.69. The molecule has 1 N–H and O–H groups in total. The molecule has 7 rings (SSSR count). The number of hydrogen-bond donors (Lipinski definition) is 1. The molecule has 0 aliphatic carbocycles. The van der Waals surface area contributed by atoms with E-state index in [1.165, 1.54) is 43.4 Å². The minimum Gasteiger partial charge on any atom is -0.355 e. The van der Waals surface area contributed by atoms with Crippen LogP contribution in [0.15, 0.2) is 121 Å². The van der Waals surface area contributed by atoms with E-state index in [0.29, 0.717) is 0 Å². The van der Waals surface area contributed by atoms with Gasteiger partial charge in [-0.3, -0.25) is 0 Å². The van der Waals surface area contributed by atoms with Crippen molar-refractivity contribution >= 4 is 60.4 Å². The van der Waals surface area contributed by atoms with E-state index in [1.54, 1.807) is 0 Å². The van der Waals surface area contributed by atoms with Crippen molar-refractivity contribution in [3.63, 3.8) is 0 Å². The number of rotatable bonds is 3. The van der Waals surface area contributed by atoms with Gasteiger partial charge in [-0.1, -0.05) is 87.5 Å². The van der Waals surface area contributed by atoms with Crippen LogP contribution < -0.4 is 4.90 Å². The van der Waals surface area contributed by atoms with Gasteiger partial charge in [-0.15, -0.1) is 0 Å². The van der Waals surface area contributed by atoms with Gasteiger partial charge in [-0.05, 0) is 87.1 Å². The first-order valence-electron chi connectivity index (χ1n) is 13.3. The molecule has 0 fully saturated rings. The minimum absolute atomic E-state index is 0.0949. The lowest BCUT2D eigenvalue weighted by Gasteiger charge is -2.26. The Balaban J connectivity index is 1.47. The van der Waals surface area contributed by atoms with Gasteiger partial charge in [0.2, 0.25) is 0 Å². The fourth-order valence-electron chi connectivity index (χ4n) is 5.57. The summed E-state index contributed by atoms with van der Waals surface area (Å²) in [5.74, 6) is 0. The maximum absolute atomic E-state index is 3.63. The molecule has 184 valence electrons. The topological polar surface area (TPSA) is 19.0 Å². The first-order valence-corrected chi connectivity index (χ1v) is 13.3. The number of nitrogens with one attached hydrogen (secondary N) is 1. The minimum atomic E-state index is 0.0949. The standard InChI is InChI=1S/C36H30N2/c1-36(2,3)28-14-18-34-32(22-28)33-23-31(17-19-35(33)37-34)38(29-15-12-24-8-4-6-10-26(24)20-29)30-16-13-25-9-5-7-11-27(25)21-30/h4-23,37H,1-3H3. The van der Waals surface area contributed by atoms with Gasteiger partial charge in [-0.2, -0.15) is 0 Å². The van der Waals surface area contributed by atoms with E-state index in [-0.39, 0.29) is 5.41 Å². The summed E-state index contributed by atoms with van der Waals surface area (Å²) < 4.78 is 0. The maximum atomic E-state index is 3.63. The molecule has 0 aliphatic rings. The van der Waals surface area contributed by atoms with E-state index in [2.05, 4.69) is 152 Å². The molecule has 0 saturated carbocycles. The average Bonchev–Trinajstić information content (AvgIpc) is 3.30.